The van der Waals surface area contributed by atoms with E-state index in [1.54, 1.807) is 0 Å². The fourth-order valence-electron chi connectivity index (χ4n) is 2.54. The summed E-state index contributed by atoms with van der Waals surface area (Å²) in [6.07, 6.45) is 8.05. The lowest BCUT2D eigenvalue weighted by molar-refractivity contribution is 0.734. The number of benzene rings is 2. The molecular weight excluding hydrogens is 292 g/mol. The first-order chi connectivity index (χ1) is 11.7. The van der Waals surface area contributed by atoms with Crippen LogP contribution in [0.25, 0.3) is 0 Å². The Balaban J connectivity index is 1.82. The molecule has 2 nitrogen and oxygen atoms in total. The molecule has 0 saturated carbocycles. The number of allylic oxidation sites excluding steroid dienone is 1. The van der Waals surface area contributed by atoms with Gasteiger partial charge in [-0.15, -0.1) is 6.58 Å². The van der Waals surface area contributed by atoms with Gasteiger partial charge in [0.05, 0.1) is 0 Å². The molecule has 2 aromatic rings. The Morgan fingerprint density at radius 1 is 1.08 bits per heavy atom. The molecule has 1 atom stereocenters. The highest BCUT2D eigenvalue weighted by atomic mass is 14.9. The van der Waals surface area contributed by atoms with Gasteiger partial charge >= 0.3 is 0 Å². The molecular formula is C22H28N2. The number of para-hydroxylation sites is 1. The largest absolute Gasteiger partial charge is 0.382 e. The first kappa shape index (κ1) is 17.9. The third-order valence-electron chi connectivity index (χ3n) is 4.25. The second kappa shape index (κ2) is 9.61. The first-order valence-electron chi connectivity index (χ1n) is 8.68. The van der Waals surface area contributed by atoms with Crippen LogP contribution in [0.1, 0.15) is 37.3 Å². The molecule has 0 radical (unpaired) electrons. The van der Waals surface area contributed by atoms with E-state index in [2.05, 4.69) is 79.6 Å². The maximum Gasteiger partial charge on any atom is 0.0415 e. The van der Waals surface area contributed by atoms with E-state index in [-0.39, 0.29) is 0 Å². The number of rotatable bonds is 9. The van der Waals surface area contributed by atoms with Crippen molar-refractivity contribution in [2.24, 2.45) is 0 Å². The van der Waals surface area contributed by atoms with Gasteiger partial charge in [-0.3, -0.25) is 0 Å². The molecule has 0 heterocycles. The number of hydrogen-bond acceptors (Lipinski definition) is 2. The van der Waals surface area contributed by atoms with Crippen molar-refractivity contribution in [3.8, 4) is 0 Å². The van der Waals surface area contributed by atoms with E-state index < -0.39 is 0 Å². The van der Waals surface area contributed by atoms with Gasteiger partial charge in [0.15, 0.2) is 0 Å². The molecule has 0 saturated heterocycles. The maximum atomic E-state index is 3.81. The third kappa shape index (κ3) is 5.31. The highest BCUT2D eigenvalue weighted by molar-refractivity contribution is 5.53. The topological polar surface area (TPSA) is 24.1 Å². The maximum absolute atomic E-state index is 3.81. The van der Waals surface area contributed by atoms with Crippen molar-refractivity contribution in [2.75, 3.05) is 17.2 Å². The molecule has 0 aliphatic rings. The second-order valence-corrected chi connectivity index (χ2v) is 6.01. The number of hydrogen-bond donors (Lipinski definition) is 2. The summed E-state index contributed by atoms with van der Waals surface area (Å²) in [5.41, 5.74) is 4.94. The minimum Gasteiger partial charge on any atom is -0.382 e. The Bertz CT molecular complexity index is 656. The van der Waals surface area contributed by atoms with Crippen LogP contribution in [0.4, 0.5) is 11.4 Å². The van der Waals surface area contributed by atoms with Crippen molar-refractivity contribution in [3.05, 3.63) is 84.6 Å². The summed E-state index contributed by atoms with van der Waals surface area (Å²) in [5, 5.41) is 6.76. The van der Waals surface area contributed by atoms with E-state index in [0.29, 0.717) is 5.92 Å². The molecule has 0 aliphatic heterocycles. The van der Waals surface area contributed by atoms with Crippen LogP contribution < -0.4 is 10.6 Å². The minimum atomic E-state index is 0.624. The molecule has 1 unspecified atom stereocenters. The monoisotopic (exact) mass is 320 g/mol. The summed E-state index contributed by atoms with van der Waals surface area (Å²) in [7, 11) is 0. The highest BCUT2D eigenvalue weighted by Crippen LogP contribution is 2.20. The van der Waals surface area contributed by atoms with E-state index in [1.165, 1.54) is 17.5 Å². The smallest absolute Gasteiger partial charge is 0.0415 e. The Morgan fingerprint density at radius 3 is 2.54 bits per heavy atom. The van der Waals surface area contributed by atoms with Crippen LogP contribution in [-0.4, -0.2) is 6.54 Å². The minimum absolute atomic E-state index is 0.624. The second-order valence-electron chi connectivity index (χ2n) is 6.01. The quantitative estimate of drug-likeness (QED) is 0.556. The summed E-state index contributed by atoms with van der Waals surface area (Å²) >= 11 is 0. The van der Waals surface area contributed by atoms with Gasteiger partial charge in [-0.1, -0.05) is 50.3 Å². The lowest BCUT2D eigenvalue weighted by Crippen LogP contribution is -2.00. The van der Waals surface area contributed by atoms with Crippen LogP contribution in [-0.2, 0) is 6.42 Å². The fourth-order valence-corrected chi connectivity index (χ4v) is 2.54. The molecule has 2 N–H and O–H groups in total. The van der Waals surface area contributed by atoms with E-state index >= 15 is 0 Å². The average Bonchev–Trinajstić information content (AvgIpc) is 2.63. The standard InChI is InChI=1S/C22H28N2/c1-4-9-20-10-6-7-11-22(20)24-17-8-16-23-21-14-12-19(13-15-21)18(3)5-2/h4,6-8,10-15,17-18,23-24H,1,5,9,16H2,2-3H3/b17-8+. The predicted molar refractivity (Wildman–Crippen MR) is 107 cm³/mol. The van der Waals surface area contributed by atoms with Crippen molar-refractivity contribution in [2.45, 2.75) is 32.6 Å². The fraction of sp³-hybridized carbons (Fsp3) is 0.273. The van der Waals surface area contributed by atoms with Gasteiger partial charge in [0.25, 0.3) is 0 Å². The molecule has 0 aliphatic carbocycles. The molecule has 2 aromatic carbocycles. The number of anilines is 2. The lowest BCUT2D eigenvalue weighted by atomic mass is 9.99. The molecule has 2 heteroatoms. The molecule has 0 fully saturated rings. The van der Waals surface area contributed by atoms with E-state index in [1.807, 2.05) is 18.3 Å². The van der Waals surface area contributed by atoms with Crippen molar-refractivity contribution < 1.29 is 0 Å². The summed E-state index contributed by atoms with van der Waals surface area (Å²) in [6, 6.07) is 17.0. The summed E-state index contributed by atoms with van der Waals surface area (Å²) in [4.78, 5) is 0. The van der Waals surface area contributed by atoms with Gasteiger partial charge in [-0.05, 0) is 60.4 Å². The summed E-state index contributed by atoms with van der Waals surface area (Å²) in [6.45, 7) is 9.09. The normalized spacial score (nSPS) is 12.1. The number of nitrogens with one attached hydrogen (secondary N) is 2. The van der Waals surface area contributed by atoms with Gasteiger partial charge in [-0.25, -0.2) is 0 Å². The van der Waals surface area contributed by atoms with Gasteiger partial charge in [0.2, 0.25) is 0 Å². The lowest BCUT2D eigenvalue weighted by Gasteiger charge is -2.10. The van der Waals surface area contributed by atoms with Crippen LogP contribution in [0.3, 0.4) is 0 Å². The van der Waals surface area contributed by atoms with Crippen LogP contribution in [0, 0.1) is 0 Å². The molecule has 0 aromatic heterocycles. The van der Waals surface area contributed by atoms with E-state index in [9.17, 15) is 0 Å². The molecule has 0 bridgehead atoms. The van der Waals surface area contributed by atoms with Crippen LogP contribution in [0.15, 0.2) is 73.5 Å². The van der Waals surface area contributed by atoms with Crippen molar-refractivity contribution in [3.63, 3.8) is 0 Å². The molecule has 0 spiro atoms. The zero-order valence-corrected chi connectivity index (χ0v) is 14.8. The van der Waals surface area contributed by atoms with Crippen LogP contribution in [0.5, 0.6) is 0 Å². The zero-order chi connectivity index (χ0) is 17.2. The third-order valence-corrected chi connectivity index (χ3v) is 4.25. The zero-order valence-electron chi connectivity index (χ0n) is 14.8. The molecule has 24 heavy (non-hydrogen) atoms. The summed E-state index contributed by atoms with van der Waals surface area (Å²) < 4.78 is 0. The average molecular weight is 320 g/mol. The van der Waals surface area contributed by atoms with Gasteiger partial charge < -0.3 is 10.6 Å². The highest BCUT2D eigenvalue weighted by Gasteiger charge is 2.01. The van der Waals surface area contributed by atoms with E-state index in [4.69, 9.17) is 0 Å². The Hall–Kier alpha value is -2.48. The molecule has 0 amide bonds. The van der Waals surface area contributed by atoms with Crippen molar-refractivity contribution >= 4 is 11.4 Å². The predicted octanol–water partition coefficient (Wildman–Crippen LogP) is 5.97. The molecule has 2 rings (SSSR count). The van der Waals surface area contributed by atoms with Crippen molar-refractivity contribution in [1.29, 1.82) is 0 Å². The summed E-state index contributed by atoms with van der Waals surface area (Å²) in [5.74, 6) is 0.624. The first-order valence-corrected chi connectivity index (χ1v) is 8.68. The van der Waals surface area contributed by atoms with Gasteiger partial charge in [0, 0.05) is 17.9 Å². The van der Waals surface area contributed by atoms with Crippen LogP contribution in [0.2, 0.25) is 0 Å². The van der Waals surface area contributed by atoms with Crippen LogP contribution >= 0.6 is 0 Å². The molecule has 126 valence electrons. The Kier molecular flexibility index (Phi) is 7.16. The SMILES string of the molecule is C=CCc1ccccc1N/C=C/CNc1ccc(C(C)CC)cc1. The Morgan fingerprint density at radius 2 is 1.83 bits per heavy atom. The van der Waals surface area contributed by atoms with E-state index in [0.717, 1.165) is 24.3 Å². The van der Waals surface area contributed by atoms with Gasteiger partial charge in [0.1, 0.15) is 0 Å². The van der Waals surface area contributed by atoms with Crippen molar-refractivity contribution in [1.82, 2.24) is 0 Å². The Labute approximate surface area is 146 Å². The van der Waals surface area contributed by atoms with Gasteiger partial charge in [-0.2, -0.15) is 0 Å².